The average Bonchev–Trinajstić information content (AvgIpc) is 2.30. The molecule has 0 radical (unpaired) electrons. The zero-order chi connectivity index (χ0) is 11.4. The molecule has 0 aliphatic heterocycles. The van der Waals surface area contributed by atoms with E-state index in [4.69, 9.17) is 5.26 Å². The second-order valence-electron chi connectivity index (χ2n) is 4.16. The monoisotopic (exact) mass is 233 g/mol. The number of hydrogen-bond donors (Lipinski definition) is 0. The van der Waals surface area contributed by atoms with Gasteiger partial charge in [0.2, 0.25) is 0 Å². The fraction of sp³-hybridized carbons (Fsp3) is 0.583. The first kappa shape index (κ1) is 11.4. The largest absolute Gasteiger partial charge is 0.231 e. The van der Waals surface area contributed by atoms with Crippen LogP contribution in [-0.4, -0.2) is 15.2 Å². The quantitative estimate of drug-likeness (QED) is 0.737. The van der Waals surface area contributed by atoms with E-state index < -0.39 is 0 Å². The van der Waals surface area contributed by atoms with Crippen LogP contribution in [0.15, 0.2) is 17.4 Å². The molecule has 84 valence electrons. The molecule has 3 nitrogen and oxygen atoms in total. The van der Waals surface area contributed by atoms with Gasteiger partial charge in [-0.05, 0) is 25.8 Å². The van der Waals surface area contributed by atoms with Crippen LogP contribution in [0, 0.1) is 24.2 Å². The summed E-state index contributed by atoms with van der Waals surface area (Å²) in [5.74, 6) is 0.169. The first-order valence-electron chi connectivity index (χ1n) is 5.65. The molecule has 2 unspecified atom stereocenters. The summed E-state index contributed by atoms with van der Waals surface area (Å²) in [6.07, 6.45) is 6.33. The van der Waals surface area contributed by atoms with E-state index in [0.717, 1.165) is 23.7 Å². The molecule has 0 spiro atoms. The summed E-state index contributed by atoms with van der Waals surface area (Å²) in [4.78, 5) is 8.62. The standard InChI is InChI=1S/C12H15N3S/c1-9-6-7-14-12(15-9)16-11-5-3-2-4-10(11)8-13/h6-7,10-11H,2-5H2,1H3. The minimum atomic E-state index is 0.169. The zero-order valence-corrected chi connectivity index (χ0v) is 10.2. The van der Waals surface area contributed by atoms with E-state index in [9.17, 15) is 0 Å². The van der Waals surface area contributed by atoms with Crippen LogP contribution >= 0.6 is 11.8 Å². The fourth-order valence-electron chi connectivity index (χ4n) is 2.00. The van der Waals surface area contributed by atoms with Crippen LogP contribution in [0.4, 0.5) is 0 Å². The van der Waals surface area contributed by atoms with Gasteiger partial charge < -0.3 is 0 Å². The van der Waals surface area contributed by atoms with Crippen LogP contribution in [0.2, 0.25) is 0 Å². The molecule has 1 aliphatic carbocycles. The fourth-order valence-corrected chi connectivity index (χ4v) is 3.24. The molecular weight excluding hydrogens is 218 g/mol. The maximum Gasteiger partial charge on any atom is 0.188 e. The third-order valence-electron chi connectivity index (χ3n) is 2.90. The van der Waals surface area contributed by atoms with Crippen LogP contribution in [0.5, 0.6) is 0 Å². The minimum Gasteiger partial charge on any atom is -0.231 e. The predicted octanol–water partition coefficient (Wildman–Crippen LogP) is 2.96. The van der Waals surface area contributed by atoms with Gasteiger partial charge >= 0.3 is 0 Å². The maximum absolute atomic E-state index is 9.09. The van der Waals surface area contributed by atoms with Crippen molar-refractivity contribution in [1.29, 1.82) is 5.26 Å². The lowest BCUT2D eigenvalue weighted by Crippen LogP contribution is -2.20. The van der Waals surface area contributed by atoms with Crippen molar-refractivity contribution in [3.8, 4) is 6.07 Å². The molecular formula is C12H15N3S. The SMILES string of the molecule is Cc1ccnc(SC2CCCCC2C#N)n1. The number of aromatic nitrogens is 2. The smallest absolute Gasteiger partial charge is 0.188 e. The molecule has 2 rings (SSSR count). The highest BCUT2D eigenvalue weighted by Gasteiger charge is 2.26. The zero-order valence-electron chi connectivity index (χ0n) is 9.39. The Bertz CT molecular complexity index is 399. The van der Waals surface area contributed by atoms with E-state index in [-0.39, 0.29) is 5.92 Å². The highest BCUT2D eigenvalue weighted by atomic mass is 32.2. The normalized spacial score (nSPS) is 25.0. The number of nitriles is 1. The molecule has 1 saturated carbocycles. The summed E-state index contributed by atoms with van der Waals surface area (Å²) in [5.41, 5.74) is 0.988. The van der Waals surface area contributed by atoms with Gasteiger partial charge in [-0.2, -0.15) is 5.26 Å². The molecule has 0 N–H and O–H groups in total. The summed E-state index contributed by atoms with van der Waals surface area (Å²) >= 11 is 1.67. The van der Waals surface area contributed by atoms with Gasteiger partial charge in [-0.3, -0.25) is 0 Å². The lowest BCUT2D eigenvalue weighted by atomic mass is 9.90. The summed E-state index contributed by atoms with van der Waals surface area (Å²) in [6, 6.07) is 4.31. The summed E-state index contributed by atoms with van der Waals surface area (Å²) in [7, 11) is 0. The molecule has 16 heavy (non-hydrogen) atoms. The van der Waals surface area contributed by atoms with Crippen LogP contribution in [0.3, 0.4) is 0 Å². The van der Waals surface area contributed by atoms with Gasteiger partial charge in [-0.25, -0.2) is 9.97 Å². The van der Waals surface area contributed by atoms with Gasteiger partial charge in [0, 0.05) is 17.1 Å². The number of thioether (sulfide) groups is 1. The van der Waals surface area contributed by atoms with Gasteiger partial charge in [-0.15, -0.1) is 0 Å². The van der Waals surface area contributed by atoms with Crippen molar-refractivity contribution in [2.24, 2.45) is 5.92 Å². The van der Waals surface area contributed by atoms with E-state index in [1.807, 2.05) is 13.0 Å². The van der Waals surface area contributed by atoms with Gasteiger partial charge in [0.1, 0.15) is 0 Å². The number of hydrogen-bond acceptors (Lipinski definition) is 4. The molecule has 1 aromatic heterocycles. The molecule has 0 aromatic carbocycles. The second kappa shape index (κ2) is 5.31. The van der Waals surface area contributed by atoms with Crippen LogP contribution in [0.25, 0.3) is 0 Å². The predicted molar refractivity (Wildman–Crippen MR) is 64.0 cm³/mol. The van der Waals surface area contributed by atoms with Gasteiger partial charge in [0.05, 0.1) is 12.0 Å². The van der Waals surface area contributed by atoms with Crippen molar-refractivity contribution in [2.45, 2.75) is 43.0 Å². The van der Waals surface area contributed by atoms with Crippen molar-refractivity contribution in [3.63, 3.8) is 0 Å². The Morgan fingerprint density at radius 1 is 1.44 bits per heavy atom. The molecule has 1 aliphatic rings. The summed E-state index contributed by atoms with van der Waals surface area (Å²) < 4.78 is 0. The Balaban J connectivity index is 2.05. The van der Waals surface area contributed by atoms with E-state index in [0.29, 0.717) is 5.25 Å². The van der Waals surface area contributed by atoms with E-state index in [2.05, 4.69) is 16.0 Å². The van der Waals surface area contributed by atoms with Crippen molar-refractivity contribution >= 4 is 11.8 Å². The first-order chi connectivity index (χ1) is 7.79. The molecule has 0 amide bonds. The van der Waals surface area contributed by atoms with Crippen LogP contribution in [-0.2, 0) is 0 Å². The van der Waals surface area contributed by atoms with Gasteiger partial charge in [0.25, 0.3) is 0 Å². The summed E-state index contributed by atoms with van der Waals surface area (Å²) in [5, 5.41) is 10.3. The van der Waals surface area contributed by atoms with Crippen molar-refractivity contribution in [3.05, 3.63) is 18.0 Å². The Morgan fingerprint density at radius 2 is 2.25 bits per heavy atom. The van der Waals surface area contributed by atoms with Gasteiger partial charge in [0.15, 0.2) is 5.16 Å². The lowest BCUT2D eigenvalue weighted by Gasteiger charge is -2.25. The molecule has 1 aromatic rings. The van der Waals surface area contributed by atoms with Crippen LogP contribution < -0.4 is 0 Å². The molecule has 0 saturated heterocycles. The van der Waals surface area contributed by atoms with E-state index in [1.54, 1.807) is 18.0 Å². The minimum absolute atomic E-state index is 0.169. The first-order valence-corrected chi connectivity index (χ1v) is 6.53. The number of rotatable bonds is 2. The number of nitrogens with zero attached hydrogens (tertiary/aromatic N) is 3. The topological polar surface area (TPSA) is 49.6 Å². The van der Waals surface area contributed by atoms with Crippen molar-refractivity contribution in [2.75, 3.05) is 0 Å². The van der Waals surface area contributed by atoms with Gasteiger partial charge in [-0.1, -0.05) is 24.6 Å². The van der Waals surface area contributed by atoms with Crippen molar-refractivity contribution in [1.82, 2.24) is 9.97 Å². The van der Waals surface area contributed by atoms with E-state index >= 15 is 0 Å². The Hall–Kier alpha value is -1.08. The highest BCUT2D eigenvalue weighted by Crippen LogP contribution is 2.35. The Morgan fingerprint density at radius 3 is 3.00 bits per heavy atom. The Kier molecular flexibility index (Phi) is 3.79. The molecule has 0 bridgehead atoms. The van der Waals surface area contributed by atoms with Crippen LogP contribution in [0.1, 0.15) is 31.4 Å². The lowest BCUT2D eigenvalue weighted by molar-refractivity contribution is 0.439. The molecule has 1 fully saturated rings. The Labute approximate surface area is 100 Å². The molecule has 1 heterocycles. The van der Waals surface area contributed by atoms with Crippen molar-refractivity contribution < 1.29 is 0 Å². The third-order valence-corrected chi connectivity index (χ3v) is 4.17. The average molecular weight is 233 g/mol. The summed E-state index contributed by atoms with van der Waals surface area (Å²) in [6.45, 7) is 1.97. The number of aryl methyl sites for hydroxylation is 1. The molecule has 4 heteroatoms. The maximum atomic E-state index is 9.09. The van der Waals surface area contributed by atoms with E-state index in [1.165, 1.54) is 12.8 Å². The third kappa shape index (κ3) is 2.73. The molecule has 2 atom stereocenters. The second-order valence-corrected chi connectivity index (χ2v) is 5.36. The highest BCUT2D eigenvalue weighted by molar-refractivity contribution is 7.99.